The highest BCUT2D eigenvalue weighted by Gasteiger charge is 2.15. The van der Waals surface area contributed by atoms with Crippen molar-refractivity contribution >= 4 is 35.0 Å². The highest BCUT2D eigenvalue weighted by Crippen LogP contribution is 2.35. The number of fused-ring (bicyclic) bond motifs is 1. The molecule has 0 unspecified atom stereocenters. The molecule has 148 valence electrons. The van der Waals surface area contributed by atoms with Crippen LogP contribution < -0.4 is 19.5 Å². The van der Waals surface area contributed by atoms with Gasteiger partial charge in [0.15, 0.2) is 11.5 Å². The Balaban J connectivity index is 1.37. The van der Waals surface area contributed by atoms with Crippen LogP contribution in [0.5, 0.6) is 17.2 Å². The lowest BCUT2D eigenvalue weighted by Gasteiger charge is -2.10. The maximum absolute atomic E-state index is 12.3. The monoisotopic (exact) mass is 429 g/mol. The number of halogens is 1. The van der Waals surface area contributed by atoms with Crippen molar-refractivity contribution in [3.63, 3.8) is 0 Å². The van der Waals surface area contributed by atoms with E-state index in [2.05, 4.69) is 15.5 Å². The van der Waals surface area contributed by atoms with Crippen molar-refractivity contribution in [3.05, 3.63) is 53.6 Å². The fourth-order valence-electron chi connectivity index (χ4n) is 2.71. The molecule has 2 aromatic carbocycles. The Bertz CT molecular complexity index is 1050. The van der Waals surface area contributed by atoms with Gasteiger partial charge < -0.3 is 19.5 Å². The fourth-order valence-corrected chi connectivity index (χ4v) is 3.50. The molecule has 1 aliphatic rings. The summed E-state index contributed by atoms with van der Waals surface area (Å²) < 4.78 is 15.9. The number of carbonyl (C=O) groups is 1. The topological polar surface area (TPSA) is 82.6 Å². The number of thioether (sulfide) groups is 1. The van der Waals surface area contributed by atoms with Gasteiger partial charge in [-0.05, 0) is 48.5 Å². The van der Waals surface area contributed by atoms with Crippen molar-refractivity contribution in [1.29, 1.82) is 0 Å². The lowest BCUT2D eigenvalue weighted by molar-refractivity contribution is -0.113. The van der Waals surface area contributed by atoms with Crippen LogP contribution >= 0.6 is 23.4 Å². The molecule has 1 N–H and O–H groups in total. The largest absolute Gasteiger partial charge is 0.495 e. The first kappa shape index (κ1) is 19.4. The summed E-state index contributed by atoms with van der Waals surface area (Å²) in [6, 6.07) is 14.3. The molecule has 0 radical (unpaired) electrons. The molecule has 2 heterocycles. The first-order chi connectivity index (χ1) is 14.1. The minimum Gasteiger partial charge on any atom is -0.495 e. The van der Waals surface area contributed by atoms with Crippen molar-refractivity contribution in [3.8, 4) is 28.5 Å². The summed E-state index contributed by atoms with van der Waals surface area (Å²) in [7, 11) is 1.53. The Morgan fingerprint density at radius 2 is 2.00 bits per heavy atom. The predicted molar refractivity (Wildman–Crippen MR) is 111 cm³/mol. The minimum atomic E-state index is -0.197. The molecule has 1 aromatic heterocycles. The van der Waals surface area contributed by atoms with Crippen LogP contribution in [-0.2, 0) is 4.79 Å². The van der Waals surface area contributed by atoms with Gasteiger partial charge in [-0.1, -0.05) is 23.4 Å². The van der Waals surface area contributed by atoms with E-state index in [-0.39, 0.29) is 18.5 Å². The molecule has 0 fully saturated rings. The molecular weight excluding hydrogens is 414 g/mol. The fraction of sp³-hybridized carbons (Fsp3) is 0.150. The molecule has 3 aromatic rings. The number of hydrogen-bond acceptors (Lipinski definition) is 7. The third-order valence-corrected chi connectivity index (χ3v) is 5.25. The maximum atomic E-state index is 12.3. The maximum Gasteiger partial charge on any atom is 0.234 e. The molecule has 1 aliphatic heterocycles. The Labute approximate surface area is 176 Å². The zero-order chi connectivity index (χ0) is 20.2. The average molecular weight is 430 g/mol. The van der Waals surface area contributed by atoms with E-state index in [0.717, 1.165) is 11.3 Å². The standard InChI is InChI=1S/C20H16ClN3O4S/c1-26-16-6-3-13(21)9-15(16)22-19(25)10-29-20-7-4-14(23-24-20)12-2-5-17-18(8-12)28-11-27-17/h2-9H,10-11H2,1H3,(H,22,25). The third kappa shape index (κ3) is 4.55. The van der Waals surface area contributed by atoms with Crippen LogP contribution in [0.2, 0.25) is 5.02 Å². The molecule has 0 bridgehead atoms. The SMILES string of the molecule is COc1ccc(Cl)cc1NC(=O)CSc1ccc(-c2ccc3c(c2)OCO3)nn1. The number of nitrogens with one attached hydrogen (secondary N) is 1. The van der Waals surface area contributed by atoms with Gasteiger partial charge in [-0.2, -0.15) is 0 Å². The van der Waals surface area contributed by atoms with Gasteiger partial charge in [0.1, 0.15) is 10.8 Å². The second kappa shape index (κ2) is 8.59. The number of benzene rings is 2. The van der Waals surface area contributed by atoms with E-state index in [1.165, 1.54) is 18.9 Å². The number of nitrogens with zero attached hydrogens (tertiary/aromatic N) is 2. The Morgan fingerprint density at radius 3 is 2.79 bits per heavy atom. The molecule has 0 aliphatic carbocycles. The predicted octanol–water partition coefficient (Wildman–Crippen LogP) is 4.27. The van der Waals surface area contributed by atoms with Gasteiger partial charge in [0.05, 0.1) is 24.2 Å². The average Bonchev–Trinajstić information content (AvgIpc) is 3.21. The molecule has 0 atom stereocenters. The molecule has 0 saturated carbocycles. The zero-order valence-electron chi connectivity index (χ0n) is 15.3. The lowest BCUT2D eigenvalue weighted by Crippen LogP contribution is -2.14. The molecule has 7 nitrogen and oxygen atoms in total. The summed E-state index contributed by atoms with van der Waals surface area (Å²) >= 11 is 7.27. The third-order valence-electron chi connectivity index (χ3n) is 4.10. The Morgan fingerprint density at radius 1 is 1.14 bits per heavy atom. The summed E-state index contributed by atoms with van der Waals surface area (Å²) in [5.41, 5.74) is 2.11. The van der Waals surface area contributed by atoms with Gasteiger partial charge in [0, 0.05) is 10.6 Å². The second-order valence-corrected chi connectivity index (χ2v) is 7.44. The van der Waals surface area contributed by atoms with Gasteiger partial charge >= 0.3 is 0 Å². The van der Waals surface area contributed by atoms with E-state index in [0.29, 0.717) is 32.9 Å². The van der Waals surface area contributed by atoms with Crippen LogP contribution in [0.3, 0.4) is 0 Å². The zero-order valence-corrected chi connectivity index (χ0v) is 16.9. The van der Waals surface area contributed by atoms with E-state index in [1.54, 1.807) is 18.2 Å². The molecule has 9 heteroatoms. The normalized spacial score (nSPS) is 11.9. The van der Waals surface area contributed by atoms with Gasteiger partial charge in [0.25, 0.3) is 0 Å². The Kier molecular flexibility index (Phi) is 5.73. The smallest absolute Gasteiger partial charge is 0.234 e. The van der Waals surface area contributed by atoms with Crippen molar-refractivity contribution in [2.45, 2.75) is 5.03 Å². The molecule has 4 rings (SSSR count). The van der Waals surface area contributed by atoms with Crippen LogP contribution in [0.4, 0.5) is 5.69 Å². The van der Waals surface area contributed by atoms with E-state index in [1.807, 2.05) is 30.3 Å². The van der Waals surface area contributed by atoms with E-state index >= 15 is 0 Å². The van der Waals surface area contributed by atoms with Gasteiger partial charge in [-0.15, -0.1) is 10.2 Å². The van der Waals surface area contributed by atoms with Gasteiger partial charge in [-0.3, -0.25) is 4.79 Å². The molecular formula is C20H16ClN3O4S. The number of rotatable bonds is 6. The first-order valence-electron chi connectivity index (χ1n) is 8.62. The summed E-state index contributed by atoms with van der Waals surface area (Å²) in [5.74, 6) is 1.93. The lowest BCUT2D eigenvalue weighted by atomic mass is 10.1. The van der Waals surface area contributed by atoms with E-state index in [9.17, 15) is 4.79 Å². The van der Waals surface area contributed by atoms with Crippen molar-refractivity contribution in [2.24, 2.45) is 0 Å². The van der Waals surface area contributed by atoms with Crippen molar-refractivity contribution < 1.29 is 19.0 Å². The molecule has 0 spiro atoms. The number of aromatic nitrogens is 2. The summed E-state index contributed by atoms with van der Waals surface area (Å²) in [6.45, 7) is 0.225. The molecule has 0 saturated heterocycles. The Hall–Kier alpha value is -2.97. The van der Waals surface area contributed by atoms with Crippen molar-refractivity contribution in [2.75, 3.05) is 25.0 Å². The van der Waals surface area contributed by atoms with Crippen LogP contribution in [0.25, 0.3) is 11.3 Å². The number of methoxy groups -OCH3 is 1. The second-order valence-electron chi connectivity index (χ2n) is 6.01. The van der Waals surface area contributed by atoms with Crippen LogP contribution in [-0.4, -0.2) is 35.8 Å². The van der Waals surface area contributed by atoms with Crippen molar-refractivity contribution in [1.82, 2.24) is 10.2 Å². The summed E-state index contributed by atoms with van der Waals surface area (Å²) in [4.78, 5) is 12.3. The summed E-state index contributed by atoms with van der Waals surface area (Å²) in [5, 5.41) is 12.4. The highest BCUT2D eigenvalue weighted by molar-refractivity contribution is 7.99. The first-order valence-corrected chi connectivity index (χ1v) is 9.98. The number of amides is 1. The number of hydrogen-bond donors (Lipinski definition) is 1. The van der Waals surface area contributed by atoms with Gasteiger partial charge in [-0.25, -0.2) is 0 Å². The van der Waals surface area contributed by atoms with E-state index in [4.69, 9.17) is 25.8 Å². The molecule has 29 heavy (non-hydrogen) atoms. The van der Waals surface area contributed by atoms with E-state index < -0.39 is 0 Å². The quantitative estimate of drug-likeness (QED) is 0.586. The minimum absolute atomic E-state index is 0.174. The van der Waals surface area contributed by atoms with Gasteiger partial charge in [0.2, 0.25) is 12.7 Å². The number of anilines is 1. The van der Waals surface area contributed by atoms with Crippen LogP contribution in [0, 0.1) is 0 Å². The number of carbonyl (C=O) groups excluding carboxylic acids is 1. The highest BCUT2D eigenvalue weighted by atomic mass is 35.5. The summed E-state index contributed by atoms with van der Waals surface area (Å²) in [6.07, 6.45) is 0. The van der Waals surface area contributed by atoms with Crippen LogP contribution in [0.15, 0.2) is 53.6 Å². The number of ether oxygens (including phenoxy) is 3. The van der Waals surface area contributed by atoms with Crippen LogP contribution in [0.1, 0.15) is 0 Å². The molecule has 1 amide bonds.